The van der Waals surface area contributed by atoms with Gasteiger partial charge in [0.05, 0.1) is 9.85 Å². The number of rotatable bonds is 8. The first kappa shape index (κ1) is 37.1. The fraction of sp³-hybridized carbons (Fsp3) is 0.200. The van der Waals surface area contributed by atoms with Crippen molar-refractivity contribution in [2.75, 3.05) is 13.1 Å². The topological polar surface area (TPSA) is 209 Å². The summed E-state index contributed by atoms with van der Waals surface area (Å²) in [5, 5.41) is 57.3. The van der Waals surface area contributed by atoms with E-state index in [0.717, 1.165) is 48.8 Å². The summed E-state index contributed by atoms with van der Waals surface area (Å²) in [6.07, 6.45) is 2.31. The minimum atomic E-state index is -0.581. The maximum absolute atomic E-state index is 11.4. The van der Waals surface area contributed by atoms with Gasteiger partial charge in [-0.15, -0.1) is 0 Å². The second kappa shape index (κ2) is 20.0. The molecule has 2 aromatic rings. The summed E-state index contributed by atoms with van der Waals surface area (Å²) in [7, 11) is 0. The zero-order chi connectivity index (χ0) is 27.1. The number of nitro benzene ring substituents is 2. The minimum Gasteiger partial charge on any atom is -0.872 e. The van der Waals surface area contributed by atoms with E-state index in [1.54, 1.807) is 0 Å². The Hall–Kier alpha value is -3.08. The molecule has 2 rings (SSSR count). The summed E-state index contributed by atoms with van der Waals surface area (Å²) in [5.41, 5.74) is 7.18. The largest absolute Gasteiger partial charge is 2.00 e. The normalized spacial score (nSPS) is 9.95. The second-order valence-corrected chi connectivity index (χ2v) is 7.20. The predicted molar refractivity (Wildman–Crippen MR) is 142 cm³/mol. The number of benzene rings is 2. The first-order chi connectivity index (χ1) is 17.1. The molecule has 2 aromatic carbocycles. The summed E-state index contributed by atoms with van der Waals surface area (Å²) in [6.45, 7) is 5.01. The maximum Gasteiger partial charge on any atom is 2.00 e. The second-order valence-electron chi connectivity index (χ2n) is 6.36. The Morgan fingerprint density at radius 3 is 1.45 bits per heavy atom. The number of nitrogens with one attached hydrogen (secondary N) is 2. The van der Waals surface area contributed by atoms with Crippen molar-refractivity contribution in [2.45, 2.75) is 13.8 Å². The van der Waals surface area contributed by atoms with Crippen molar-refractivity contribution >= 4 is 58.5 Å². The van der Waals surface area contributed by atoms with Gasteiger partial charge in [0.1, 0.15) is 0 Å². The van der Waals surface area contributed by atoms with Crippen LogP contribution in [0, 0.1) is 20.2 Å². The molecule has 14 nitrogen and oxygen atoms in total. The van der Waals surface area contributed by atoms with Crippen LogP contribution in [0.15, 0.2) is 46.6 Å². The quantitative estimate of drug-likeness (QED) is 0.0781. The minimum absolute atomic E-state index is 0. The molecule has 0 aliphatic rings. The molecular formula is C20H22Cu2N8O6S2+2. The van der Waals surface area contributed by atoms with Gasteiger partial charge in [0.15, 0.2) is 34.7 Å². The van der Waals surface area contributed by atoms with Crippen LogP contribution in [0.1, 0.15) is 25.0 Å². The van der Waals surface area contributed by atoms with Crippen LogP contribution in [0.25, 0.3) is 10.9 Å². The molecule has 0 heterocycles. The Morgan fingerprint density at radius 2 is 1.16 bits per heavy atom. The molecule has 38 heavy (non-hydrogen) atoms. The van der Waals surface area contributed by atoms with E-state index in [4.69, 9.17) is 0 Å². The Kier molecular flexibility index (Phi) is 19.5. The van der Waals surface area contributed by atoms with E-state index in [1.165, 1.54) is 0 Å². The van der Waals surface area contributed by atoms with Crippen LogP contribution < -0.4 is 20.8 Å². The van der Waals surface area contributed by atoms with E-state index in [-0.39, 0.29) is 68.1 Å². The van der Waals surface area contributed by atoms with Crippen LogP contribution in [0.4, 0.5) is 11.4 Å². The van der Waals surface area contributed by atoms with Crippen LogP contribution in [-0.4, -0.2) is 45.6 Å². The van der Waals surface area contributed by atoms with Crippen molar-refractivity contribution in [1.82, 2.24) is 10.6 Å². The maximum atomic E-state index is 11.4. The molecule has 0 atom stereocenters. The van der Waals surface area contributed by atoms with E-state index in [1.807, 2.05) is 13.8 Å². The molecule has 0 bridgehead atoms. The third kappa shape index (κ3) is 14.0. The summed E-state index contributed by atoms with van der Waals surface area (Å²) >= 11 is 7.95. The fourth-order valence-electron chi connectivity index (χ4n) is 2.18. The average Bonchev–Trinajstić information content (AvgIpc) is 2.82. The third-order valence-corrected chi connectivity index (χ3v) is 4.27. The van der Waals surface area contributed by atoms with Gasteiger partial charge in [-0.2, -0.15) is 0 Å². The molecule has 0 aliphatic heterocycles. The monoisotopic (exact) mass is 660 g/mol. The fourth-order valence-corrected chi connectivity index (χ4v) is 2.60. The molecule has 0 saturated carbocycles. The van der Waals surface area contributed by atoms with Crippen LogP contribution >= 0.6 is 0 Å². The van der Waals surface area contributed by atoms with E-state index >= 15 is 0 Å². The zero-order valence-corrected chi connectivity index (χ0v) is 23.3. The molecule has 0 unspecified atom stereocenters. The van der Waals surface area contributed by atoms with Gasteiger partial charge in [-0.3, -0.25) is 30.9 Å². The zero-order valence-electron chi connectivity index (χ0n) is 19.7. The van der Waals surface area contributed by atoms with E-state index in [9.17, 15) is 30.4 Å². The van der Waals surface area contributed by atoms with Crippen LogP contribution in [0.2, 0.25) is 0 Å². The van der Waals surface area contributed by atoms with Crippen molar-refractivity contribution < 1.29 is 54.2 Å². The summed E-state index contributed by atoms with van der Waals surface area (Å²) in [5.74, 6) is -0.715. The molecular weight excluding hydrogens is 639 g/mol. The molecule has 18 heteroatoms. The standard InChI is InChI=1S/2C10H12N4O3S.2Cu/c2*1-2-11-10(18)13-12-6-7-5-8(14(16)17)3-4-9(7)15;;/h2*3-6H,2H2,1H3,(H3,11,12,13,15,18);;/q;;2*+2/p-2. The number of hydrogen-bond donors (Lipinski definition) is 2. The Morgan fingerprint density at radius 1 is 0.816 bits per heavy atom. The van der Waals surface area contributed by atoms with Crippen LogP contribution in [-0.2, 0) is 58.6 Å². The Bertz CT molecular complexity index is 1080. The Balaban J connectivity index is 0. The van der Waals surface area contributed by atoms with Gasteiger partial charge in [0.25, 0.3) is 11.4 Å². The molecule has 0 amide bonds. The number of nitrogens with zero attached hydrogens (tertiary/aromatic N) is 6. The van der Waals surface area contributed by atoms with Crippen molar-refractivity contribution in [1.29, 1.82) is 0 Å². The molecule has 0 aromatic heterocycles. The smallest absolute Gasteiger partial charge is 0.872 e. The van der Waals surface area contributed by atoms with Gasteiger partial charge in [0, 0.05) is 36.7 Å². The van der Waals surface area contributed by atoms with Crippen molar-refractivity contribution in [3.63, 3.8) is 0 Å². The van der Waals surface area contributed by atoms with Gasteiger partial charge in [-0.1, -0.05) is 37.5 Å². The van der Waals surface area contributed by atoms with Gasteiger partial charge >= 0.3 is 34.1 Å². The van der Waals surface area contributed by atoms with E-state index in [2.05, 4.69) is 56.1 Å². The Labute approximate surface area is 249 Å². The molecule has 0 aliphatic carbocycles. The van der Waals surface area contributed by atoms with Gasteiger partial charge in [0.2, 0.25) is 0 Å². The molecule has 210 valence electrons. The summed E-state index contributed by atoms with van der Waals surface area (Å²) in [6, 6.07) is 6.82. The van der Waals surface area contributed by atoms with Crippen LogP contribution in [0.3, 0.4) is 0 Å². The number of hydrogen-bond acceptors (Lipinski definition) is 8. The van der Waals surface area contributed by atoms with E-state index < -0.39 is 9.85 Å². The third-order valence-electron chi connectivity index (χ3n) is 3.78. The summed E-state index contributed by atoms with van der Waals surface area (Å²) < 4.78 is 0. The SMILES string of the molecule is CCNC(=[SH+])[N-]N=Cc1cc([N+](=O)[O-])ccc1[O-].CCNC(=[SH+])[N-]N=Cc1cc([N+](=O)[O-])ccc1[O-].[Cu+2].[Cu+2]. The molecule has 0 fully saturated rings. The van der Waals surface area contributed by atoms with Crippen LogP contribution in [0.5, 0.6) is 11.5 Å². The number of non-ortho nitro benzene ring substituents is 2. The number of thiol groups is 2. The van der Waals surface area contributed by atoms with Gasteiger partial charge in [-0.05, 0) is 24.2 Å². The molecule has 0 saturated heterocycles. The van der Waals surface area contributed by atoms with Crippen molar-refractivity contribution in [2.24, 2.45) is 10.2 Å². The van der Waals surface area contributed by atoms with Crippen molar-refractivity contribution in [3.05, 3.63) is 78.6 Å². The van der Waals surface area contributed by atoms with Gasteiger partial charge in [-0.25, -0.2) is 0 Å². The number of nitro groups is 2. The predicted octanol–water partition coefficient (Wildman–Crippen LogP) is 0.699. The first-order valence-corrected chi connectivity index (χ1v) is 11.0. The van der Waals surface area contributed by atoms with Crippen molar-refractivity contribution in [3.8, 4) is 11.5 Å². The molecule has 2 N–H and O–H groups in total. The summed E-state index contributed by atoms with van der Waals surface area (Å²) in [4.78, 5) is 19.9. The molecule has 0 spiro atoms. The molecule has 2 radical (unpaired) electrons. The van der Waals surface area contributed by atoms with Gasteiger partial charge < -0.3 is 31.3 Å². The average molecular weight is 662 g/mol. The first-order valence-electron chi connectivity index (χ1n) is 10.1. The van der Waals surface area contributed by atoms with E-state index in [0.29, 0.717) is 23.3 Å².